The molecule has 0 aliphatic heterocycles. The van der Waals surface area contributed by atoms with Crippen molar-refractivity contribution in [3.63, 3.8) is 0 Å². The second kappa shape index (κ2) is 10.4. The second-order valence-corrected chi connectivity index (χ2v) is 6.53. The first-order valence-electron chi connectivity index (χ1n) is 8.54. The van der Waals surface area contributed by atoms with E-state index in [1.165, 1.54) is 0 Å². The SMILES string of the molecule is COc1ccccc1NC(=S)NN=Cc1ccc(OCCC(C)C)cc1. The summed E-state index contributed by atoms with van der Waals surface area (Å²) in [7, 11) is 1.62. The van der Waals surface area contributed by atoms with E-state index in [2.05, 4.69) is 29.7 Å². The summed E-state index contributed by atoms with van der Waals surface area (Å²) in [6, 6.07) is 15.3. The summed E-state index contributed by atoms with van der Waals surface area (Å²) in [5, 5.41) is 7.59. The van der Waals surface area contributed by atoms with Crippen molar-refractivity contribution in [3.8, 4) is 11.5 Å². The topological polar surface area (TPSA) is 54.9 Å². The number of rotatable bonds is 8. The third-order valence-electron chi connectivity index (χ3n) is 3.58. The number of para-hydroxylation sites is 2. The molecule has 2 N–H and O–H groups in total. The maximum absolute atomic E-state index is 5.70. The zero-order valence-electron chi connectivity index (χ0n) is 15.4. The minimum absolute atomic E-state index is 0.388. The van der Waals surface area contributed by atoms with Crippen molar-refractivity contribution in [2.75, 3.05) is 19.0 Å². The summed E-state index contributed by atoms with van der Waals surface area (Å²) in [6.07, 6.45) is 2.75. The van der Waals surface area contributed by atoms with Gasteiger partial charge in [0.25, 0.3) is 0 Å². The van der Waals surface area contributed by atoms with Gasteiger partial charge in [-0.15, -0.1) is 0 Å². The van der Waals surface area contributed by atoms with E-state index in [1.807, 2.05) is 48.5 Å². The number of benzene rings is 2. The second-order valence-electron chi connectivity index (χ2n) is 6.12. The summed E-state index contributed by atoms with van der Waals surface area (Å²) < 4.78 is 11.0. The van der Waals surface area contributed by atoms with E-state index >= 15 is 0 Å². The van der Waals surface area contributed by atoms with Gasteiger partial charge in [-0.25, -0.2) is 0 Å². The predicted molar refractivity (Wildman–Crippen MR) is 111 cm³/mol. The molecule has 0 heterocycles. The van der Waals surface area contributed by atoms with Crippen LogP contribution in [-0.4, -0.2) is 25.0 Å². The molecule has 0 bridgehead atoms. The fraction of sp³-hybridized carbons (Fsp3) is 0.300. The first kappa shape index (κ1) is 19.7. The van der Waals surface area contributed by atoms with Gasteiger partial charge in [0.2, 0.25) is 0 Å². The minimum Gasteiger partial charge on any atom is -0.495 e. The molecule has 0 fully saturated rings. The fourth-order valence-corrected chi connectivity index (χ4v) is 2.29. The molecule has 0 unspecified atom stereocenters. The van der Waals surface area contributed by atoms with Crippen molar-refractivity contribution in [1.29, 1.82) is 0 Å². The van der Waals surface area contributed by atoms with Crippen molar-refractivity contribution >= 4 is 29.2 Å². The number of anilines is 1. The van der Waals surface area contributed by atoms with Crippen LogP contribution in [-0.2, 0) is 0 Å². The molecule has 0 aromatic heterocycles. The monoisotopic (exact) mass is 371 g/mol. The lowest BCUT2D eigenvalue weighted by Crippen LogP contribution is -2.24. The lowest BCUT2D eigenvalue weighted by atomic mass is 10.1. The molecule has 0 aliphatic rings. The van der Waals surface area contributed by atoms with Gasteiger partial charge in [-0.05, 0) is 66.5 Å². The highest BCUT2D eigenvalue weighted by molar-refractivity contribution is 7.80. The van der Waals surface area contributed by atoms with E-state index < -0.39 is 0 Å². The molecule has 0 saturated carbocycles. The number of nitrogens with zero attached hydrogens (tertiary/aromatic N) is 1. The van der Waals surface area contributed by atoms with Crippen LogP contribution in [0.3, 0.4) is 0 Å². The molecule has 138 valence electrons. The fourth-order valence-electron chi connectivity index (χ4n) is 2.13. The molecular weight excluding hydrogens is 346 g/mol. The van der Waals surface area contributed by atoms with Crippen LogP contribution in [0, 0.1) is 5.92 Å². The van der Waals surface area contributed by atoms with Gasteiger partial charge < -0.3 is 14.8 Å². The van der Waals surface area contributed by atoms with E-state index in [0.717, 1.165) is 30.0 Å². The highest BCUT2D eigenvalue weighted by Gasteiger charge is 2.02. The zero-order valence-corrected chi connectivity index (χ0v) is 16.2. The number of nitrogens with one attached hydrogen (secondary N) is 2. The number of methoxy groups -OCH3 is 1. The van der Waals surface area contributed by atoms with Gasteiger partial charge in [-0.2, -0.15) is 5.10 Å². The van der Waals surface area contributed by atoms with Gasteiger partial charge in [-0.1, -0.05) is 26.0 Å². The van der Waals surface area contributed by atoms with Gasteiger partial charge >= 0.3 is 0 Å². The van der Waals surface area contributed by atoms with Crippen LogP contribution >= 0.6 is 12.2 Å². The normalized spacial score (nSPS) is 10.8. The summed E-state index contributed by atoms with van der Waals surface area (Å²) in [5.74, 6) is 2.22. The molecule has 2 rings (SSSR count). The largest absolute Gasteiger partial charge is 0.495 e. The first-order valence-corrected chi connectivity index (χ1v) is 8.95. The Morgan fingerprint density at radius 1 is 1.15 bits per heavy atom. The summed E-state index contributed by atoms with van der Waals surface area (Å²) in [4.78, 5) is 0. The van der Waals surface area contributed by atoms with Crippen LogP contribution in [0.5, 0.6) is 11.5 Å². The Balaban J connectivity index is 1.81. The van der Waals surface area contributed by atoms with Crippen molar-refractivity contribution in [3.05, 3.63) is 54.1 Å². The Hall–Kier alpha value is -2.60. The predicted octanol–water partition coefficient (Wildman–Crippen LogP) is 4.44. The van der Waals surface area contributed by atoms with E-state index in [4.69, 9.17) is 21.7 Å². The quantitative estimate of drug-likeness (QED) is 0.408. The Bertz CT molecular complexity index is 730. The average molecular weight is 372 g/mol. The van der Waals surface area contributed by atoms with Crippen molar-refractivity contribution in [2.24, 2.45) is 11.0 Å². The van der Waals surface area contributed by atoms with E-state index in [9.17, 15) is 0 Å². The van der Waals surface area contributed by atoms with Gasteiger partial charge in [-0.3, -0.25) is 5.43 Å². The summed E-state index contributed by atoms with van der Waals surface area (Å²) in [5.41, 5.74) is 4.53. The van der Waals surface area contributed by atoms with Crippen LogP contribution in [0.1, 0.15) is 25.8 Å². The molecule has 2 aromatic carbocycles. The van der Waals surface area contributed by atoms with Gasteiger partial charge in [0.1, 0.15) is 11.5 Å². The smallest absolute Gasteiger partial charge is 0.191 e. The summed E-state index contributed by atoms with van der Waals surface area (Å²) >= 11 is 5.24. The molecule has 0 atom stereocenters. The Kier molecular flexibility index (Phi) is 7.89. The molecular formula is C20H25N3O2S. The average Bonchev–Trinajstić information content (AvgIpc) is 2.63. The first-order chi connectivity index (χ1) is 12.6. The van der Waals surface area contributed by atoms with Gasteiger partial charge in [0, 0.05) is 0 Å². The number of hydrazone groups is 1. The minimum atomic E-state index is 0.388. The number of hydrogen-bond acceptors (Lipinski definition) is 4. The third kappa shape index (κ3) is 6.72. The van der Waals surface area contributed by atoms with Crippen LogP contribution in [0.25, 0.3) is 0 Å². The molecule has 26 heavy (non-hydrogen) atoms. The molecule has 0 aliphatic carbocycles. The zero-order chi connectivity index (χ0) is 18.8. The number of thiocarbonyl (C=S) groups is 1. The van der Waals surface area contributed by atoms with Gasteiger partial charge in [0.15, 0.2) is 5.11 Å². The lowest BCUT2D eigenvalue weighted by molar-refractivity contribution is 0.289. The Morgan fingerprint density at radius 2 is 1.88 bits per heavy atom. The highest BCUT2D eigenvalue weighted by Crippen LogP contribution is 2.22. The van der Waals surface area contributed by atoms with Crippen LogP contribution in [0.4, 0.5) is 5.69 Å². The highest BCUT2D eigenvalue weighted by atomic mass is 32.1. The molecule has 0 spiro atoms. The number of hydrogen-bond donors (Lipinski definition) is 2. The van der Waals surface area contributed by atoms with Gasteiger partial charge in [0.05, 0.1) is 25.6 Å². The Morgan fingerprint density at radius 3 is 2.58 bits per heavy atom. The van der Waals surface area contributed by atoms with Crippen LogP contribution in [0.2, 0.25) is 0 Å². The summed E-state index contributed by atoms with van der Waals surface area (Å²) in [6.45, 7) is 5.10. The third-order valence-corrected chi connectivity index (χ3v) is 3.77. The van der Waals surface area contributed by atoms with Crippen molar-refractivity contribution in [1.82, 2.24) is 5.43 Å². The standard InChI is InChI=1S/C20H25N3O2S/c1-15(2)12-13-25-17-10-8-16(9-11-17)14-21-23-20(26)22-18-6-4-5-7-19(18)24-3/h4-11,14-15H,12-13H2,1-3H3,(H2,22,23,26). The molecule has 6 heteroatoms. The van der Waals surface area contributed by atoms with Crippen LogP contribution in [0.15, 0.2) is 53.6 Å². The molecule has 0 saturated heterocycles. The van der Waals surface area contributed by atoms with E-state index in [0.29, 0.717) is 16.8 Å². The van der Waals surface area contributed by atoms with Crippen molar-refractivity contribution in [2.45, 2.75) is 20.3 Å². The molecule has 0 amide bonds. The van der Waals surface area contributed by atoms with E-state index in [1.54, 1.807) is 13.3 Å². The molecule has 5 nitrogen and oxygen atoms in total. The van der Waals surface area contributed by atoms with Crippen molar-refractivity contribution < 1.29 is 9.47 Å². The van der Waals surface area contributed by atoms with E-state index in [-0.39, 0.29) is 0 Å². The maximum atomic E-state index is 5.70. The lowest BCUT2D eigenvalue weighted by Gasteiger charge is -2.10. The maximum Gasteiger partial charge on any atom is 0.191 e. The Labute approximate surface area is 160 Å². The number of ether oxygens (including phenoxy) is 2. The molecule has 2 aromatic rings. The van der Waals surface area contributed by atoms with Crippen LogP contribution < -0.4 is 20.2 Å². The molecule has 0 radical (unpaired) electrons.